The molecule has 2 heterocycles. The number of rotatable bonds is 4. The second-order valence-corrected chi connectivity index (χ2v) is 20.3. The maximum Gasteiger partial charge on any atom is 0.0740 e. The standard InChI is InChI=1S/2C6H8OPS2.2C5H10N.2C5H5.2Fe.Ni/c2*1-7-8(9,10)6-4-2-3-5-6;2*1-2-4-6-5-3-1;2*1-2-4-5-3-1;;;/h2*2-5H,1H3,(H,9,10);2*1-5H2;2*1-5H;;;/q6*-1;;;/p-2. The van der Waals surface area contributed by atoms with Gasteiger partial charge >= 0.3 is 0 Å². The Morgan fingerprint density at radius 1 is 0.511 bits per heavy atom. The van der Waals surface area contributed by atoms with E-state index in [1.165, 1.54) is 38.5 Å². The zero-order chi connectivity index (χ0) is 30.8. The molecule has 2 saturated heterocycles. The van der Waals surface area contributed by atoms with Crippen LogP contribution in [0.1, 0.15) is 38.5 Å². The maximum absolute atomic E-state index is 5.07. The molecule has 0 radical (unpaired) electrons. The van der Waals surface area contributed by atoms with Crippen LogP contribution in [-0.2, 0) is 109 Å². The molecule has 4 aromatic rings. The summed E-state index contributed by atoms with van der Waals surface area (Å²) < 4.78 is 10.0. The third-order valence-electron chi connectivity index (χ3n) is 5.78. The van der Waals surface area contributed by atoms with Gasteiger partial charge in [-0.25, -0.2) is 48.5 Å². The normalized spacial score (nSPS) is 13.5. The minimum Gasteiger partial charge on any atom is -0.662 e. The zero-order valence-electron chi connectivity index (χ0n) is 25.7. The largest absolute Gasteiger partial charge is 0.662 e. The van der Waals surface area contributed by atoms with Crippen molar-refractivity contribution in [3.05, 3.63) is 120 Å². The smallest absolute Gasteiger partial charge is 0.0740 e. The van der Waals surface area contributed by atoms with Gasteiger partial charge in [-0.15, -0.1) is 62.2 Å². The van der Waals surface area contributed by atoms with Crippen molar-refractivity contribution in [2.45, 2.75) is 38.5 Å². The van der Waals surface area contributed by atoms with Crippen LogP contribution >= 0.6 is 11.8 Å². The second-order valence-electron chi connectivity index (χ2n) is 9.03. The topological polar surface area (TPSA) is 46.7 Å². The molecule has 0 spiro atoms. The number of nitrogens with zero attached hydrogens (tertiary/aromatic N) is 2. The third kappa shape index (κ3) is 27.5. The Morgan fingerprint density at radius 3 is 0.911 bits per heavy atom. The zero-order valence-corrected chi connectivity index (χ0v) is 34.0. The van der Waals surface area contributed by atoms with E-state index in [0.717, 1.165) is 36.8 Å². The molecule has 0 aliphatic carbocycles. The first kappa shape index (κ1) is 50.4. The van der Waals surface area contributed by atoms with E-state index in [4.69, 9.17) is 58.0 Å². The first-order valence-corrected chi connectivity index (χ1v) is 21.6. The van der Waals surface area contributed by atoms with E-state index >= 15 is 0 Å². The van der Waals surface area contributed by atoms with Gasteiger partial charge in [0.1, 0.15) is 0 Å². The van der Waals surface area contributed by atoms with Gasteiger partial charge in [0.15, 0.2) is 0 Å². The first-order valence-electron chi connectivity index (χ1n) is 14.1. The van der Waals surface area contributed by atoms with Crippen LogP contribution in [0.5, 0.6) is 0 Å². The molecule has 0 unspecified atom stereocenters. The van der Waals surface area contributed by atoms with E-state index in [9.17, 15) is 0 Å². The maximum atomic E-state index is 5.07. The molecule has 0 bridgehead atoms. The molecule has 4 nitrogen and oxygen atoms in total. The molecule has 45 heavy (non-hydrogen) atoms. The fourth-order valence-electron chi connectivity index (χ4n) is 3.42. The molecule has 0 aromatic heterocycles. The van der Waals surface area contributed by atoms with Gasteiger partial charge in [-0.1, -0.05) is 38.5 Å². The SMILES string of the molecule is C1CC[N-]CC1.C1CC[N-]CC1.CO[P+]([S-])([S-])[c-]1cccc1.CO[P+]([S-])([S-])[c-]1cccc1.[Fe].[Fe].[Ni].c1cc[cH-]c1.c1cc[cH-]c1. The fraction of sp³-hybridized carbons (Fsp3) is 0.375. The molecular weight excluding hydrogens is 805 g/mol. The molecule has 2 aliphatic heterocycles. The summed E-state index contributed by atoms with van der Waals surface area (Å²) in [6.45, 7) is 4.50. The molecule has 0 saturated carbocycles. The van der Waals surface area contributed by atoms with E-state index in [-0.39, 0.29) is 50.6 Å². The number of piperidine rings is 2. The minimum atomic E-state index is -2.06. The molecule has 0 N–H and O–H groups in total. The minimum absolute atomic E-state index is 0. The molecule has 0 atom stereocenters. The monoisotopic (exact) mass is 848 g/mol. The summed E-state index contributed by atoms with van der Waals surface area (Å²) in [6.07, 6.45) is 8.15. The average molecular weight is 849 g/mol. The van der Waals surface area contributed by atoms with Gasteiger partial charge in [-0.2, -0.15) is 36.4 Å². The summed E-state index contributed by atoms with van der Waals surface area (Å²) in [5, 5.41) is 10.3. The van der Waals surface area contributed by atoms with Crippen LogP contribution in [0.3, 0.4) is 0 Å². The summed E-state index contributed by atoms with van der Waals surface area (Å²) in [6, 6.07) is 35.3. The Balaban J connectivity index is -0.000000474. The Kier molecular flexibility index (Phi) is 37.6. The van der Waals surface area contributed by atoms with E-state index < -0.39 is 11.8 Å². The van der Waals surface area contributed by atoms with Crippen molar-refractivity contribution in [1.82, 2.24) is 0 Å². The van der Waals surface area contributed by atoms with E-state index in [1.54, 1.807) is 14.2 Å². The van der Waals surface area contributed by atoms with Crippen molar-refractivity contribution in [1.29, 1.82) is 0 Å². The molecule has 2 aliphatic rings. The third-order valence-corrected chi connectivity index (χ3v) is 12.9. The van der Waals surface area contributed by atoms with Gasteiger partial charge in [0.25, 0.3) is 0 Å². The first-order chi connectivity index (χ1) is 20.3. The molecule has 2 fully saturated rings. The summed E-state index contributed by atoms with van der Waals surface area (Å²) in [7, 11) is 3.14. The Morgan fingerprint density at radius 2 is 0.778 bits per heavy atom. The van der Waals surface area contributed by atoms with Crippen molar-refractivity contribution in [3.8, 4) is 0 Å². The van der Waals surface area contributed by atoms with Gasteiger partial charge < -0.3 is 59.6 Å². The number of hydrogen-bond acceptors (Lipinski definition) is 6. The van der Waals surface area contributed by atoms with Crippen molar-refractivity contribution in [3.63, 3.8) is 0 Å². The Labute approximate surface area is 326 Å². The molecule has 262 valence electrons. The van der Waals surface area contributed by atoms with Crippen molar-refractivity contribution >= 4 is 71.4 Å². The molecule has 13 heteroatoms. The summed E-state index contributed by atoms with van der Waals surface area (Å²) in [5.74, 6) is -4.12. The van der Waals surface area contributed by atoms with Crippen LogP contribution in [0.25, 0.3) is 10.6 Å². The van der Waals surface area contributed by atoms with Gasteiger partial charge in [0.05, 0.1) is 14.2 Å². The van der Waals surface area contributed by atoms with Gasteiger partial charge in [0, 0.05) is 50.6 Å². The van der Waals surface area contributed by atoms with Crippen LogP contribution in [0.15, 0.2) is 109 Å². The van der Waals surface area contributed by atoms with E-state index in [0.29, 0.717) is 0 Å². The van der Waals surface area contributed by atoms with Crippen LogP contribution < -0.4 is 10.6 Å². The summed E-state index contributed by atoms with van der Waals surface area (Å²) in [5.41, 5.74) is 0. The summed E-state index contributed by atoms with van der Waals surface area (Å²) >= 11 is 20.3. The van der Waals surface area contributed by atoms with Crippen LogP contribution in [0, 0.1) is 0 Å². The Bertz CT molecular complexity index is 896. The van der Waals surface area contributed by atoms with Crippen molar-refractivity contribution in [2.24, 2.45) is 0 Å². The molecule has 6 rings (SSSR count). The molecular formula is C32H44Fe2N2NiO2P2S4-8. The van der Waals surface area contributed by atoms with Gasteiger partial charge in [-0.3, -0.25) is 9.05 Å². The van der Waals surface area contributed by atoms with Crippen LogP contribution in [0.4, 0.5) is 0 Å². The molecule has 0 amide bonds. The predicted molar refractivity (Wildman–Crippen MR) is 199 cm³/mol. The van der Waals surface area contributed by atoms with Gasteiger partial charge in [-0.05, 0) is 10.6 Å². The Hall–Kier alpha value is 1.03. The second kappa shape index (κ2) is 33.5. The fourth-order valence-corrected chi connectivity index (χ4v) is 6.37. The summed E-state index contributed by atoms with van der Waals surface area (Å²) in [4.78, 5) is 0. The van der Waals surface area contributed by atoms with E-state index in [1.807, 2.05) is 109 Å². The predicted octanol–water partition coefficient (Wildman–Crippen LogP) is 8.96. The van der Waals surface area contributed by atoms with Crippen LogP contribution in [0.2, 0.25) is 0 Å². The average Bonchev–Trinajstić information content (AvgIpc) is 3.89. The van der Waals surface area contributed by atoms with Crippen LogP contribution in [-0.4, -0.2) is 40.4 Å². The van der Waals surface area contributed by atoms with Crippen molar-refractivity contribution < 1.29 is 59.7 Å². The van der Waals surface area contributed by atoms with E-state index in [2.05, 4.69) is 10.6 Å². The molecule has 4 aromatic carbocycles. The van der Waals surface area contributed by atoms with Gasteiger partial charge in [0.2, 0.25) is 0 Å². The number of hydrogen-bond donors (Lipinski definition) is 0. The quantitative estimate of drug-likeness (QED) is 0.0886. The van der Waals surface area contributed by atoms with Crippen molar-refractivity contribution in [2.75, 3.05) is 40.4 Å².